The summed E-state index contributed by atoms with van der Waals surface area (Å²) in [6, 6.07) is 10.7. The van der Waals surface area contributed by atoms with Crippen LogP contribution in [0.1, 0.15) is 46.5 Å². The Balaban J connectivity index is 2.04. The van der Waals surface area contributed by atoms with E-state index in [0.29, 0.717) is 6.04 Å². The maximum absolute atomic E-state index is 5.69. The molecule has 0 saturated carbocycles. The summed E-state index contributed by atoms with van der Waals surface area (Å²) in [7, 11) is 0. The van der Waals surface area contributed by atoms with Crippen molar-refractivity contribution in [3.63, 3.8) is 0 Å². The van der Waals surface area contributed by atoms with Crippen molar-refractivity contribution < 1.29 is 4.74 Å². The molecule has 1 N–H and O–H groups in total. The van der Waals surface area contributed by atoms with E-state index in [1.54, 1.807) is 0 Å². The largest absolute Gasteiger partial charge is 0.494 e. The molecule has 1 atom stereocenters. The van der Waals surface area contributed by atoms with Gasteiger partial charge in [0.2, 0.25) is 0 Å². The van der Waals surface area contributed by atoms with Crippen LogP contribution in [0, 0.1) is 5.92 Å². The zero-order valence-corrected chi connectivity index (χ0v) is 12.7. The Bertz CT molecular complexity index is 310. The van der Waals surface area contributed by atoms with Crippen molar-refractivity contribution in [1.29, 1.82) is 0 Å². The average Bonchev–Trinajstić information content (AvgIpc) is 2.42. The minimum absolute atomic E-state index is 0.667. The molecule has 0 radical (unpaired) electrons. The highest BCUT2D eigenvalue weighted by molar-refractivity contribution is 5.20. The number of hydrogen-bond acceptors (Lipinski definition) is 2. The van der Waals surface area contributed by atoms with E-state index in [2.05, 4.69) is 26.1 Å². The lowest BCUT2D eigenvalue weighted by molar-refractivity contribution is 0.299. The van der Waals surface area contributed by atoms with E-state index in [1.807, 2.05) is 30.3 Å². The molecule has 0 spiro atoms. The van der Waals surface area contributed by atoms with Crippen LogP contribution in [0.4, 0.5) is 0 Å². The molecule has 0 saturated heterocycles. The fourth-order valence-electron chi connectivity index (χ4n) is 2.28. The molecule has 0 aromatic heterocycles. The Morgan fingerprint density at radius 2 is 1.79 bits per heavy atom. The van der Waals surface area contributed by atoms with Gasteiger partial charge in [-0.15, -0.1) is 0 Å². The van der Waals surface area contributed by atoms with E-state index in [0.717, 1.165) is 31.2 Å². The van der Waals surface area contributed by atoms with Crippen LogP contribution in [0.15, 0.2) is 30.3 Å². The third-order valence-corrected chi connectivity index (χ3v) is 3.44. The summed E-state index contributed by atoms with van der Waals surface area (Å²) in [6.07, 6.45) is 4.96. The van der Waals surface area contributed by atoms with Crippen LogP contribution in [0.2, 0.25) is 0 Å². The Kier molecular flexibility index (Phi) is 8.31. The molecule has 0 aliphatic rings. The van der Waals surface area contributed by atoms with Gasteiger partial charge in [0.1, 0.15) is 5.75 Å². The van der Waals surface area contributed by atoms with Crippen molar-refractivity contribution in [2.24, 2.45) is 5.92 Å². The first-order valence-electron chi connectivity index (χ1n) is 7.65. The van der Waals surface area contributed by atoms with Gasteiger partial charge in [0.15, 0.2) is 0 Å². The first kappa shape index (κ1) is 16.0. The topological polar surface area (TPSA) is 21.3 Å². The molecule has 2 nitrogen and oxygen atoms in total. The molecule has 0 aliphatic carbocycles. The molecule has 1 unspecified atom stereocenters. The minimum Gasteiger partial charge on any atom is -0.494 e. The van der Waals surface area contributed by atoms with Gasteiger partial charge in [0, 0.05) is 6.04 Å². The fraction of sp³-hybridized carbons (Fsp3) is 0.647. The summed E-state index contributed by atoms with van der Waals surface area (Å²) in [4.78, 5) is 0. The molecule has 0 heterocycles. The molecular formula is C17H29NO. The second-order valence-corrected chi connectivity index (χ2v) is 5.42. The SMILES string of the molecule is CCNC(CCCCCOc1ccccc1)C(C)C. The van der Waals surface area contributed by atoms with Crippen molar-refractivity contribution in [1.82, 2.24) is 5.32 Å². The van der Waals surface area contributed by atoms with E-state index in [4.69, 9.17) is 4.74 Å². The predicted molar refractivity (Wildman–Crippen MR) is 82.7 cm³/mol. The summed E-state index contributed by atoms with van der Waals surface area (Å²) < 4.78 is 5.69. The Labute approximate surface area is 118 Å². The van der Waals surface area contributed by atoms with Crippen LogP contribution in [0.25, 0.3) is 0 Å². The van der Waals surface area contributed by atoms with E-state index in [1.165, 1.54) is 19.3 Å². The fourth-order valence-corrected chi connectivity index (χ4v) is 2.28. The second-order valence-electron chi connectivity index (χ2n) is 5.42. The highest BCUT2D eigenvalue weighted by Crippen LogP contribution is 2.12. The summed E-state index contributed by atoms with van der Waals surface area (Å²) in [5.74, 6) is 1.70. The van der Waals surface area contributed by atoms with Crippen molar-refractivity contribution in [2.75, 3.05) is 13.2 Å². The van der Waals surface area contributed by atoms with Gasteiger partial charge < -0.3 is 10.1 Å². The quantitative estimate of drug-likeness (QED) is 0.637. The van der Waals surface area contributed by atoms with E-state index >= 15 is 0 Å². The van der Waals surface area contributed by atoms with E-state index in [9.17, 15) is 0 Å². The van der Waals surface area contributed by atoms with E-state index in [-0.39, 0.29) is 0 Å². The average molecular weight is 263 g/mol. The van der Waals surface area contributed by atoms with Crippen LogP contribution < -0.4 is 10.1 Å². The van der Waals surface area contributed by atoms with Crippen LogP contribution in [0.3, 0.4) is 0 Å². The lowest BCUT2D eigenvalue weighted by Gasteiger charge is -2.21. The van der Waals surface area contributed by atoms with Gasteiger partial charge in [-0.3, -0.25) is 0 Å². The Morgan fingerprint density at radius 1 is 1.05 bits per heavy atom. The van der Waals surface area contributed by atoms with Crippen molar-refractivity contribution in [2.45, 2.75) is 52.5 Å². The van der Waals surface area contributed by atoms with Gasteiger partial charge in [-0.2, -0.15) is 0 Å². The normalized spacial score (nSPS) is 12.6. The number of para-hydroxylation sites is 1. The first-order chi connectivity index (χ1) is 9.24. The van der Waals surface area contributed by atoms with Crippen LogP contribution >= 0.6 is 0 Å². The molecule has 0 amide bonds. The molecule has 108 valence electrons. The maximum Gasteiger partial charge on any atom is 0.119 e. The zero-order valence-electron chi connectivity index (χ0n) is 12.7. The van der Waals surface area contributed by atoms with Crippen LogP contribution in [-0.4, -0.2) is 19.2 Å². The minimum atomic E-state index is 0.667. The summed E-state index contributed by atoms with van der Waals surface area (Å²) in [5.41, 5.74) is 0. The first-order valence-corrected chi connectivity index (χ1v) is 7.65. The number of rotatable bonds is 10. The highest BCUT2D eigenvalue weighted by Gasteiger charge is 2.10. The van der Waals surface area contributed by atoms with Crippen LogP contribution in [-0.2, 0) is 0 Å². The molecule has 0 bridgehead atoms. The lowest BCUT2D eigenvalue weighted by Crippen LogP contribution is -2.33. The standard InChI is InChI=1S/C17H29NO/c1-4-18-17(15(2)3)13-9-6-10-14-19-16-11-7-5-8-12-16/h5,7-8,11-12,15,17-18H,4,6,9-10,13-14H2,1-3H3. The number of benzene rings is 1. The molecule has 1 aromatic carbocycles. The van der Waals surface area contributed by atoms with Gasteiger partial charge in [-0.1, -0.05) is 51.8 Å². The van der Waals surface area contributed by atoms with Crippen molar-refractivity contribution in [3.8, 4) is 5.75 Å². The third kappa shape index (κ3) is 7.22. The van der Waals surface area contributed by atoms with Gasteiger partial charge in [-0.05, 0) is 37.4 Å². The van der Waals surface area contributed by atoms with Gasteiger partial charge in [0.05, 0.1) is 6.61 Å². The highest BCUT2D eigenvalue weighted by atomic mass is 16.5. The third-order valence-electron chi connectivity index (χ3n) is 3.44. The predicted octanol–water partition coefficient (Wildman–Crippen LogP) is 4.26. The number of unbranched alkanes of at least 4 members (excludes halogenated alkanes) is 2. The number of ether oxygens (including phenoxy) is 1. The second kappa shape index (κ2) is 9.85. The van der Waals surface area contributed by atoms with Crippen LogP contribution in [0.5, 0.6) is 5.75 Å². The molecule has 1 aromatic rings. The number of nitrogens with one attached hydrogen (secondary N) is 1. The van der Waals surface area contributed by atoms with Crippen molar-refractivity contribution in [3.05, 3.63) is 30.3 Å². The molecule has 1 rings (SSSR count). The molecule has 19 heavy (non-hydrogen) atoms. The molecule has 0 aliphatic heterocycles. The summed E-state index contributed by atoms with van der Waals surface area (Å²) in [6.45, 7) is 8.68. The van der Waals surface area contributed by atoms with Crippen molar-refractivity contribution >= 4 is 0 Å². The monoisotopic (exact) mass is 263 g/mol. The molecular weight excluding hydrogens is 234 g/mol. The molecule has 0 fully saturated rings. The van der Waals surface area contributed by atoms with E-state index < -0.39 is 0 Å². The molecule has 2 heteroatoms. The smallest absolute Gasteiger partial charge is 0.119 e. The summed E-state index contributed by atoms with van der Waals surface area (Å²) in [5, 5.41) is 3.57. The van der Waals surface area contributed by atoms with Gasteiger partial charge >= 0.3 is 0 Å². The Morgan fingerprint density at radius 3 is 2.42 bits per heavy atom. The number of hydrogen-bond donors (Lipinski definition) is 1. The van der Waals surface area contributed by atoms with Gasteiger partial charge in [0.25, 0.3) is 0 Å². The Hall–Kier alpha value is -1.02. The lowest BCUT2D eigenvalue weighted by atomic mass is 9.98. The zero-order chi connectivity index (χ0) is 13.9. The van der Waals surface area contributed by atoms with Gasteiger partial charge in [-0.25, -0.2) is 0 Å². The maximum atomic E-state index is 5.69. The summed E-state index contributed by atoms with van der Waals surface area (Å²) >= 11 is 0.